The van der Waals surface area contributed by atoms with E-state index in [9.17, 15) is 9.59 Å². The van der Waals surface area contributed by atoms with Crippen LogP contribution in [0.1, 0.15) is 42.5 Å². The molecular formula is C17H20N2O2. The molecule has 1 heterocycles. The Kier molecular flexibility index (Phi) is 2.98. The predicted molar refractivity (Wildman–Crippen MR) is 80.1 cm³/mol. The Bertz CT molecular complexity index is 590. The van der Waals surface area contributed by atoms with Gasteiger partial charge in [0.1, 0.15) is 6.04 Å². The fraction of sp³-hybridized carbons (Fsp3) is 0.529. The number of rotatable bonds is 4. The Labute approximate surface area is 124 Å². The van der Waals surface area contributed by atoms with E-state index >= 15 is 0 Å². The normalized spacial score (nSPS) is 25.3. The van der Waals surface area contributed by atoms with Crippen molar-refractivity contribution in [2.24, 2.45) is 11.8 Å². The number of amides is 2. The van der Waals surface area contributed by atoms with Crippen molar-refractivity contribution in [2.75, 3.05) is 11.4 Å². The summed E-state index contributed by atoms with van der Waals surface area (Å²) in [6, 6.07) is 7.15. The van der Waals surface area contributed by atoms with E-state index in [0.29, 0.717) is 11.5 Å². The number of nitrogens with zero attached hydrogens (tertiary/aromatic N) is 1. The van der Waals surface area contributed by atoms with Crippen molar-refractivity contribution >= 4 is 17.5 Å². The maximum atomic E-state index is 12.9. The molecule has 2 amide bonds. The first-order valence-corrected chi connectivity index (χ1v) is 7.95. The average molecular weight is 284 g/mol. The topological polar surface area (TPSA) is 49.4 Å². The third-order valence-electron chi connectivity index (χ3n) is 4.81. The van der Waals surface area contributed by atoms with E-state index in [2.05, 4.69) is 5.32 Å². The minimum Gasteiger partial charge on any atom is -0.340 e. The zero-order valence-electron chi connectivity index (χ0n) is 12.0. The highest BCUT2D eigenvalue weighted by Gasteiger charge is 2.42. The van der Waals surface area contributed by atoms with Crippen LogP contribution in [0.3, 0.4) is 0 Å². The average Bonchev–Trinajstić information content (AvgIpc) is 3.37. The van der Waals surface area contributed by atoms with Crippen LogP contribution >= 0.6 is 0 Å². The summed E-state index contributed by atoms with van der Waals surface area (Å²) in [5, 5.41) is 2.95. The fourth-order valence-corrected chi connectivity index (χ4v) is 3.17. The highest BCUT2D eigenvalue weighted by atomic mass is 16.2. The maximum absolute atomic E-state index is 12.9. The van der Waals surface area contributed by atoms with Gasteiger partial charge < -0.3 is 10.2 Å². The van der Waals surface area contributed by atoms with E-state index in [4.69, 9.17) is 0 Å². The number of fused-ring (bicyclic) bond motifs is 1. The molecule has 0 saturated heterocycles. The van der Waals surface area contributed by atoms with E-state index in [1.54, 1.807) is 0 Å². The van der Waals surface area contributed by atoms with Crippen molar-refractivity contribution < 1.29 is 9.59 Å². The van der Waals surface area contributed by atoms with Gasteiger partial charge in [0.2, 0.25) is 5.91 Å². The van der Waals surface area contributed by atoms with Gasteiger partial charge >= 0.3 is 0 Å². The van der Waals surface area contributed by atoms with Gasteiger partial charge in [-0.05, 0) is 43.2 Å². The van der Waals surface area contributed by atoms with Gasteiger partial charge in [-0.15, -0.1) is 0 Å². The fourth-order valence-electron chi connectivity index (χ4n) is 3.17. The van der Waals surface area contributed by atoms with Crippen LogP contribution in [-0.2, 0) is 4.79 Å². The second-order valence-corrected chi connectivity index (χ2v) is 6.53. The van der Waals surface area contributed by atoms with Crippen molar-refractivity contribution in [3.05, 3.63) is 29.8 Å². The molecule has 4 heteroatoms. The Balaban J connectivity index is 1.68. The number of carbonyl (C=O) groups is 2. The second-order valence-electron chi connectivity index (χ2n) is 6.53. The lowest BCUT2D eigenvalue weighted by Gasteiger charge is -2.25. The van der Waals surface area contributed by atoms with Crippen LogP contribution in [0.15, 0.2) is 24.3 Å². The van der Waals surface area contributed by atoms with Crippen LogP contribution in [0.4, 0.5) is 5.69 Å². The molecule has 1 atom stereocenters. The number of carbonyl (C=O) groups excluding carboxylic acids is 2. The third-order valence-corrected chi connectivity index (χ3v) is 4.81. The van der Waals surface area contributed by atoms with E-state index in [-0.39, 0.29) is 17.9 Å². The molecule has 0 bridgehead atoms. The lowest BCUT2D eigenvalue weighted by Crippen LogP contribution is -2.47. The zero-order chi connectivity index (χ0) is 14.4. The Morgan fingerprint density at radius 2 is 1.86 bits per heavy atom. The molecule has 1 N–H and O–H groups in total. The first-order chi connectivity index (χ1) is 10.2. The van der Waals surface area contributed by atoms with E-state index in [1.807, 2.05) is 29.2 Å². The summed E-state index contributed by atoms with van der Waals surface area (Å²) in [7, 11) is 0. The van der Waals surface area contributed by atoms with Crippen molar-refractivity contribution in [3.63, 3.8) is 0 Å². The third kappa shape index (κ3) is 2.43. The molecule has 4 nitrogen and oxygen atoms in total. The Morgan fingerprint density at radius 1 is 1.10 bits per heavy atom. The molecule has 2 saturated carbocycles. The summed E-state index contributed by atoms with van der Waals surface area (Å²) >= 11 is 0. The number of nitrogens with one attached hydrogen (secondary N) is 1. The minimum atomic E-state index is -0.330. The Morgan fingerprint density at radius 3 is 2.57 bits per heavy atom. The molecule has 2 aliphatic carbocycles. The van der Waals surface area contributed by atoms with Gasteiger partial charge in [-0.2, -0.15) is 0 Å². The van der Waals surface area contributed by atoms with Crippen molar-refractivity contribution in [1.82, 2.24) is 5.32 Å². The number of benzene rings is 1. The lowest BCUT2D eigenvalue weighted by molar-refractivity contribution is -0.120. The van der Waals surface area contributed by atoms with E-state index in [0.717, 1.165) is 37.4 Å². The molecule has 1 aromatic carbocycles. The minimum absolute atomic E-state index is 0.0800. The molecule has 3 aliphatic rings. The van der Waals surface area contributed by atoms with Crippen molar-refractivity contribution in [3.8, 4) is 0 Å². The molecular weight excluding hydrogens is 264 g/mol. The van der Waals surface area contributed by atoms with Crippen LogP contribution in [0.25, 0.3) is 0 Å². The highest BCUT2D eigenvalue weighted by molar-refractivity contribution is 6.11. The first-order valence-electron chi connectivity index (χ1n) is 7.95. The quantitative estimate of drug-likeness (QED) is 0.922. The summed E-state index contributed by atoms with van der Waals surface area (Å²) in [6.07, 6.45) is 5.71. The molecule has 1 unspecified atom stereocenters. The van der Waals surface area contributed by atoms with Gasteiger partial charge in [-0.3, -0.25) is 9.59 Å². The van der Waals surface area contributed by atoms with Gasteiger partial charge in [0.05, 0.1) is 11.3 Å². The van der Waals surface area contributed by atoms with Gasteiger partial charge in [0.15, 0.2) is 0 Å². The Hall–Kier alpha value is -1.84. The van der Waals surface area contributed by atoms with Gasteiger partial charge in [-0.25, -0.2) is 0 Å². The van der Waals surface area contributed by atoms with Crippen LogP contribution in [0.5, 0.6) is 0 Å². The second kappa shape index (κ2) is 4.86. The van der Waals surface area contributed by atoms with Crippen LogP contribution in [0.2, 0.25) is 0 Å². The smallest absolute Gasteiger partial charge is 0.254 e. The van der Waals surface area contributed by atoms with E-state index in [1.165, 1.54) is 12.8 Å². The van der Waals surface area contributed by atoms with Crippen molar-refractivity contribution in [2.45, 2.75) is 38.1 Å². The lowest BCUT2D eigenvalue weighted by atomic mass is 10.1. The molecule has 2 fully saturated rings. The van der Waals surface area contributed by atoms with Crippen LogP contribution < -0.4 is 10.2 Å². The van der Waals surface area contributed by atoms with Gasteiger partial charge in [0, 0.05) is 6.54 Å². The van der Waals surface area contributed by atoms with Crippen LogP contribution in [0, 0.1) is 11.8 Å². The highest BCUT2D eigenvalue weighted by Crippen LogP contribution is 2.38. The number of anilines is 1. The summed E-state index contributed by atoms with van der Waals surface area (Å²) in [5.74, 6) is 1.08. The monoisotopic (exact) mass is 284 g/mol. The maximum Gasteiger partial charge on any atom is 0.254 e. The molecule has 0 aromatic heterocycles. The number of hydrogen-bond acceptors (Lipinski definition) is 2. The molecule has 110 valence electrons. The van der Waals surface area contributed by atoms with Crippen molar-refractivity contribution in [1.29, 1.82) is 0 Å². The van der Waals surface area contributed by atoms with Gasteiger partial charge in [0.25, 0.3) is 5.91 Å². The van der Waals surface area contributed by atoms with E-state index < -0.39 is 0 Å². The molecule has 4 rings (SSSR count). The molecule has 0 radical (unpaired) electrons. The zero-order valence-corrected chi connectivity index (χ0v) is 12.0. The first kappa shape index (κ1) is 12.9. The molecule has 1 aromatic rings. The summed E-state index contributed by atoms with van der Waals surface area (Å²) in [5.41, 5.74) is 1.41. The number of para-hydroxylation sites is 1. The number of hydrogen-bond donors (Lipinski definition) is 1. The largest absolute Gasteiger partial charge is 0.340 e. The predicted octanol–water partition coefficient (Wildman–Crippen LogP) is 2.34. The van der Waals surface area contributed by atoms with Gasteiger partial charge in [-0.1, -0.05) is 25.0 Å². The molecule has 1 aliphatic heterocycles. The summed E-state index contributed by atoms with van der Waals surface area (Å²) in [6.45, 7) is 0.735. The molecule has 21 heavy (non-hydrogen) atoms. The molecule has 0 spiro atoms. The summed E-state index contributed by atoms with van der Waals surface area (Å²) < 4.78 is 0. The standard InChI is InChI=1S/C17H20N2O2/c20-16-13-3-1-2-4-14(13)19(10-9-11-5-6-11)17(21)15(18-16)12-7-8-12/h1-4,11-12,15H,5-10H2,(H,18,20). The summed E-state index contributed by atoms with van der Waals surface area (Å²) in [4.78, 5) is 27.1. The van der Waals surface area contributed by atoms with Crippen LogP contribution in [-0.4, -0.2) is 24.4 Å². The SMILES string of the molecule is O=C1NC(C2CC2)C(=O)N(CCC2CC2)c2ccccc21.